The van der Waals surface area contributed by atoms with E-state index < -0.39 is 0 Å². The number of hydrogen-bond acceptors (Lipinski definition) is 4. The average molecular weight is 244 g/mol. The molecule has 4 heteroatoms. The van der Waals surface area contributed by atoms with E-state index in [0.29, 0.717) is 23.2 Å². The van der Waals surface area contributed by atoms with Crippen molar-refractivity contribution in [2.75, 3.05) is 17.7 Å². The van der Waals surface area contributed by atoms with Crippen LogP contribution in [0.2, 0.25) is 0 Å². The van der Waals surface area contributed by atoms with E-state index in [-0.39, 0.29) is 0 Å². The van der Waals surface area contributed by atoms with Gasteiger partial charge in [-0.1, -0.05) is 19.8 Å². The Morgan fingerprint density at radius 1 is 1.44 bits per heavy atom. The Hall–Kier alpha value is -1.76. The fraction of sp³-hybridized carbons (Fsp3) is 0.571. The number of aromatic nitrogens is 1. The van der Waals surface area contributed by atoms with Crippen LogP contribution >= 0.6 is 0 Å². The summed E-state index contributed by atoms with van der Waals surface area (Å²) in [5.41, 5.74) is 7.03. The fourth-order valence-corrected chi connectivity index (χ4v) is 2.87. The molecule has 1 aromatic heterocycles. The zero-order chi connectivity index (χ0) is 13.1. The van der Waals surface area contributed by atoms with E-state index in [0.717, 1.165) is 5.82 Å². The maximum atomic E-state index is 9.01. The second-order valence-corrected chi connectivity index (χ2v) is 5.15. The molecule has 0 radical (unpaired) electrons. The second kappa shape index (κ2) is 5.26. The van der Waals surface area contributed by atoms with Gasteiger partial charge < -0.3 is 10.6 Å². The molecule has 1 heterocycles. The molecule has 2 unspecified atom stereocenters. The van der Waals surface area contributed by atoms with Gasteiger partial charge in [0.25, 0.3) is 0 Å². The summed E-state index contributed by atoms with van der Waals surface area (Å²) in [6.07, 6.45) is 6.67. The van der Waals surface area contributed by atoms with Crippen molar-refractivity contribution in [2.45, 2.75) is 38.6 Å². The van der Waals surface area contributed by atoms with Crippen molar-refractivity contribution in [1.29, 1.82) is 5.26 Å². The molecule has 1 aliphatic carbocycles. The van der Waals surface area contributed by atoms with Crippen LogP contribution in [0.4, 0.5) is 11.5 Å². The molecule has 0 aliphatic heterocycles. The van der Waals surface area contributed by atoms with E-state index in [1.165, 1.54) is 25.7 Å². The van der Waals surface area contributed by atoms with Crippen molar-refractivity contribution in [1.82, 2.24) is 4.98 Å². The molecule has 1 fully saturated rings. The van der Waals surface area contributed by atoms with Gasteiger partial charge in [0.05, 0.1) is 11.3 Å². The van der Waals surface area contributed by atoms with Crippen LogP contribution in [0.3, 0.4) is 0 Å². The molecular formula is C14H20N4. The van der Waals surface area contributed by atoms with Crippen molar-refractivity contribution in [3.63, 3.8) is 0 Å². The number of pyridine rings is 1. The third kappa shape index (κ3) is 2.26. The minimum atomic E-state index is 0.475. The maximum absolute atomic E-state index is 9.01. The molecule has 0 bridgehead atoms. The number of rotatable bonds is 2. The van der Waals surface area contributed by atoms with E-state index >= 15 is 0 Å². The molecule has 0 amide bonds. The van der Waals surface area contributed by atoms with Crippen LogP contribution in [0.25, 0.3) is 0 Å². The molecule has 18 heavy (non-hydrogen) atoms. The van der Waals surface area contributed by atoms with E-state index in [4.69, 9.17) is 11.0 Å². The lowest BCUT2D eigenvalue weighted by Gasteiger charge is -2.37. The SMILES string of the molecule is CC1CCCCC1N(C)c1nccc(C#N)c1N. The molecule has 1 aliphatic rings. The summed E-state index contributed by atoms with van der Waals surface area (Å²) in [6, 6.07) is 4.25. The summed E-state index contributed by atoms with van der Waals surface area (Å²) >= 11 is 0. The summed E-state index contributed by atoms with van der Waals surface area (Å²) in [5, 5.41) is 9.01. The molecule has 2 atom stereocenters. The minimum absolute atomic E-state index is 0.475. The van der Waals surface area contributed by atoms with Gasteiger partial charge in [0.2, 0.25) is 0 Å². The zero-order valence-corrected chi connectivity index (χ0v) is 11.1. The average Bonchev–Trinajstić information content (AvgIpc) is 2.39. The van der Waals surface area contributed by atoms with Gasteiger partial charge in [-0.15, -0.1) is 0 Å². The predicted molar refractivity (Wildman–Crippen MR) is 73.2 cm³/mol. The van der Waals surface area contributed by atoms with Gasteiger partial charge in [0, 0.05) is 19.3 Å². The quantitative estimate of drug-likeness (QED) is 0.868. The number of nitriles is 1. The first-order valence-electron chi connectivity index (χ1n) is 6.52. The molecular weight excluding hydrogens is 224 g/mol. The van der Waals surface area contributed by atoms with E-state index in [1.807, 2.05) is 7.05 Å². The minimum Gasteiger partial charge on any atom is -0.395 e. The Morgan fingerprint density at radius 2 is 2.17 bits per heavy atom. The highest BCUT2D eigenvalue weighted by molar-refractivity contribution is 5.70. The first kappa shape index (κ1) is 12.7. The van der Waals surface area contributed by atoms with Crippen LogP contribution in [0.5, 0.6) is 0 Å². The molecule has 0 saturated heterocycles. The summed E-state index contributed by atoms with van der Waals surface area (Å²) < 4.78 is 0. The molecule has 4 nitrogen and oxygen atoms in total. The molecule has 96 valence electrons. The van der Waals surface area contributed by atoms with Gasteiger partial charge in [-0.2, -0.15) is 5.26 Å². The third-order valence-corrected chi connectivity index (χ3v) is 3.99. The van der Waals surface area contributed by atoms with Crippen LogP contribution < -0.4 is 10.6 Å². The number of anilines is 2. The number of nitrogen functional groups attached to an aromatic ring is 1. The Labute approximate surface area is 108 Å². The van der Waals surface area contributed by atoms with Gasteiger partial charge in [0.15, 0.2) is 5.82 Å². The molecule has 1 saturated carbocycles. The van der Waals surface area contributed by atoms with Gasteiger partial charge in [0.1, 0.15) is 6.07 Å². The Morgan fingerprint density at radius 3 is 2.83 bits per heavy atom. The van der Waals surface area contributed by atoms with Crippen molar-refractivity contribution < 1.29 is 0 Å². The lowest BCUT2D eigenvalue weighted by Crippen LogP contribution is -2.39. The van der Waals surface area contributed by atoms with Crippen LogP contribution in [-0.4, -0.2) is 18.1 Å². The Balaban J connectivity index is 2.28. The third-order valence-electron chi connectivity index (χ3n) is 3.99. The molecule has 1 aromatic rings. The largest absolute Gasteiger partial charge is 0.395 e. The zero-order valence-electron chi connectivity index (χ0n) is 11.1. The fourth-order valence-electron chi connectivity index (χ4n) is 2.87. The van der Waals surface area contributed by atoms with Gasteiger partial charge in [-0.25, -0.2) is 4.98 Å². The monoisotopic (exact) mass is 244 g/mol. The molecule has 0 spiro atoms. The molecule has 2 rings (SSSR count). The van der Waals surface area contributed by atoms with Crippen molar-refractivity contribution in [2.24, 2.45) is 5.92 Å². The predicted octanol–water partition coefficient (Wildman–Crippen LogP) is 2.55. The van der Waals surface area contributed by atoms with Crippen molar-refractivity contribution in [3.05, 3.63) is 17.8 Å². The summed E-state index contributed by atoms with van der Waals surface area (Å²) in [5.74, 6) is 1.39. The Bertz CT molecular complexity index is 463. The van der Waals surface area contributed by atoms with Gasteiger partial charge in [-0.05, 0) is 24.8 Å². The summed E-state index contributed by atoms with van der Waals surface area (Å²) in [4.78, 5) is 6.50. The maximum Gasteiger partial charge on any atom is 0.153 e. The number of nitrogens with zero attached hydrogens (tertiary/aromatic N) is 3. The normalized spacial score (nSPS) is 23.4. The van der Waals surface area contributed by atoms with Crippen molar-refractivity contribution >= 4 is 11.5 Å². The molecule has 2 N–H and O–H groups in total. The summed E-state index contributed by atoms with van der Waals surface area (Å²) in [7, 11) is 2.03. The first-order chi connectivity index (χ1) is 8.65. The number of nitrogens with two attached hydrogens (primary N) is 1. The number of hydrogen-bond donors (Lipinski definition) is 1. The van der Waals surface area contributed by atoms with E-state index in [2.05, 4.69) is 22.9 Å². The Kier molecular flexibility index (Phi) is 3.71. The van der Waals surface area contributed by atoms with Gasteiger partial charge >= 0.3 is 0 Å². The lowest BCUT2D eigenvalue weighted by atomic mass is 9.85. The van der Waals surface area contributed by atoms with Crippen LogP contribution in [0.15, 0.2) is 12.3 Å². The second-order valence-electron chi connectivity index (χ2n) is 5.15. The highest BCUT2D eigenvalue weighted by Gasteiger charge is 2.27. The first-order valence-corrected chi connectivity index (χ1v) is 6.52. The van der Waals surface area contributed by atoms with E-state index in [9.17, 15) is 0 Å². The summed E-state index contributed by atoms with van der Waals surface area (Å²) in [6.45, 7) is 2.28. The smallest absolute Gasteiger partial charge is 0.153 e. The van der Waals surface area contributed by atoms with Crippen molar-refractivity contribution in [3.8, 4) is 6.07 Å². The van der Waals surface area contributed by atoms with E-state index in [1.54, 1.807) is 12.3 Å². The van der Waals surface area contributed by atoms with Gasteiger partial charge in [-0.3, -0.25) is 0 Å². The van der Waals surface area contributed by atoms with Crippen LogP contribution in [0, 0.1) is 17.2 Å². The van der Waals surface area contributed by atoms with Crippen LogP contribution in [-0.2, 0) is 0 Å². The highest BCUT2D eigenvalue weighted by atomic mass is 15.2. The highest BCUT2D eigenvalue weighted by Crippen LogP contribution is 2.32. The standard InChI is InChI=1S/C14H20N4/c1-10-5-3-4-6-12(10)18(2)14-13(16)11(9-15)7-8-17-14/h7-8,10,12H,3-6,16H2,1-2H3. The lowest BCUT2D eigenvalue weighted by molar-refractivity contribution is 0.321. The van der Waals surface area contributed by atoms with Crippen LogP contribution in [0.1, 0.15) is 38.2 Å². The molecule has 0 aromatic carbocycles. The topological polar surface area (TPSA) is 65.9 Å².